The monoisotopic (exact) mass is 314 g/mol. The smallest absolute Gasteiger partial charge is 0.352 e. The highest BCUT2D eigenvalue weighted by molar-refractivity contribution is 5.86. The first-order valence-electron chi connectivity index (χ1n) is 7.09. The lowest BCUT2D eigenvalue weighted by Crippen LogP contribution is -2.44. The van der Waals surface area contributed by atoms with Crippen LogP contribution in [0.5, 0.6) is 0 Å². The van der Waals surface area contributed by atoms with E-state index < -0.39 is 23.1 Å². The molecule has 0 amide bonds. The molecule has 0 radical (unpaired) electrons. The van der Waals surface area contributed by atoms with Crippen LogP contribution in [0.15, 0.2) is 60.7 Å². The molecule has 2 N–H and O–H groups in total. The van der Waals surface area contributed by atoms with Crippen molar-refractivity contribution in [3.63, 3.8) is 0 Å². The van der Waals surface area contributed by atoms with Crippen LogP contribution in [0.2, 0.25) is 0 Å². The lowest BCUT2D eigenvalue weighted by molar-refractivity contribution is -0.191. The number of carbonyl (C=O) groups excluding carboxylic acids is 1. The highest BCUT2D eigenvalue weighted by Crippen LogP contribution is 2.30. The second-order valence-corrected chi connectivity index (χ2v) is 5.53. The van der Waals surface area contributed by atoms with E-state index in [1.807, 2.05) is 0 Å². The Kier molecular flexibility index (Phi) is 4.52. The minimum Gasteiger partial charge on any atom is -0.478 e. The van der Waals surface area contributed by atoms with Gasteiger partial charge in [-0.1, -0.05) is 60.7 Å². The average molecular weight is 314 g/mol. The summed E-state index contributed by atoms with van der Waals surface area (Å²) in [6.45, 7) is 2.56. The molecule has 2 aromatic carbocycles. The minimum absolute atomic E-state index is 0.310. The van der Waals surface area contributed by atoms with E-state index in [4.69, 9.17) is 4.74 Å². The Morgan fingerprint density at radius 2 is 1.30 bits per heavy atom. The molecule has 2 atom stereocenters. The normalized spacial score (nSPS) is 16.0. The van der Waals surface area contributed by atoms with Crippen LogP contribution in [0.4, 0.5) is 0 Å². The fourth-order valence-corrected chi connectivity index (χ4v) is 2.15. The van der Waals surface area contributed by atoms with Gasteiger partial charge in [-0.2, -0.15) is 0 Å². The molecule has 0 spiro atoms. The van der Waals surface area contributed by atoms with Gasteiger partial charge >= 0.3 is 11.9 Å². The summed E-state index contributed by atoms with van der Waals surface area (Å²) in [6, 6.07) is 16.4. The topological polar surface area (TPSA) is 83.8 Å². The van der Waals surface area contributed by atoms with E-state index in [9.17, 15) is 19.8 Å². The summed E-state index contributed by atoms with van der Waals surface area (Å²) < 4.78 is 5.22. The Hall–Kier alpha value is -2.66. The fourth-order valence-electron chi connectivity index (χ4n) is 2.15. The maximum absolute atomic E-state index is 12.4. The van der Waals surface area contributed by atoms with E-state index in [1.165, 1.54) is 13.8 Å². The largest absolute Gasteiger partial charge is 0.478 e. The van der Waals surface area contributed by atoms with Gasteiger partial charge in [0.05, 0.1) is 0 Å². The van der Waals surface area contributed by atoms with Gasteiger partial charge in [-0.15, -0.1) is 0 Å². The van der Waals surface area contributed by atoms with Crippen molar-refractivity contribution in [2.45, 2.75) is 25.0 Å². The fraction of sp³-hybridized carbons (Fsp3) is 0.222. The molecule has 0 fully saturated rings. The molecule has 5 heteroatoms. The summed E-state index contributed by atoms with van der Waals surface area (Å²) in [5.74, 6) is -2.35. The Morgan fingerprint density at radius 3 is 1.74 bits per heavy atom. The number of ether oxygens (including phenoxy) is 1. The molecule has 1 unspecified atom stereocenters. The third kappa shape index (κ3) is 3.24. The van der Waals surface area contributed by atoms with Crippen molar-refractivity contribution in [2.24, 2.45) is 0 Å². The quantitative estimate of drug-likeness (QED) is 0.828. The maximum atomic E-state index is 12.4. The highest BCUT2D eigenvalue weighted by Gasteiger charge is 2.44. The Morgan fingerprint density at radius 1 is 0.870 bits per heavy atom. The molecular formula is C18H18O5. The molecule has 0 aliphatic heterocycles. The van der Waals surface area contributed by atoms with Gasteiger partial charge < -0.3 is 14.9 Å². The third-order valence-corrected chi connectivity index (χ3v) is 3.76. The first kappa shape index (κ1) is 16.7. The van der Waals surface area contributed by atoms with Crippen molar-refractivity contribution in [3.8, 4) is 0 Å². The Labute approximate surface area is 134 Å². The van der Waals surface area contributed by atoms with E-state index in [0.717, 1.165) is 0 Å². The van der Waals surface area contributed by atoms with E-state index in [-0.39, 0.29) is 0 Å². The van der Waals surface area contributed by atoms with Crippen LogP contribution in [-0.2, 0) is 25.5 Å². The summed E-state index contributed by atoms with van der Waals surface area (Å²) in [5.41, 5.74) is -3.21. The molecule has 0 saturated heterocycles. The predicted octanol–water partition coefficient (Wildman–Crippen LogP) is 2.44. The van der Waals surface area contributed by atoms with Gasteiger partial charge in [0.25, 0.3) is 0 Å². The van der Waals surface area contributed by atoms with Crippen LogP contribution < -0.4 is 0 Å². The third-order valence-electron chi connectivity index (χ3n) is 3.76. The van der Waals surface area contributed by atoms with Gasteiger partial charge in [0.2, 0.25) is 5.60 Å². The van der Waals surface area contributed by atoms with Gasteiger partial charge in [-0.3, -0.25) is 0 Å². The summed E-state index contributed by atoms with van der Waals surface area (Å²) in [5, 5.41) is 20.0. The van der Waals surface area contributed by atoms with Crippen LogP contribution >= 0.6 is 0 Å². The van der Waals surface area contributed by atoms with Gasteiger partial charge in [0.1, 0.15) is 0 Å². The molecule has 0 aromatic heterocycles. The van der Waals surface area contributed by atoms with Gasteiger partial charge in [-0.05, 0) is 19.4 Å². The van der Waals surface area contributed by atoms with Gasteiger partial charge in [-0.25, -0.2) is 9.59 Å². The van der Waals surface area contributed by atoms with E-state index >= 15 is 0 Å². The van der Waals surface area contributed by atoms with E-state index in [2.05, 4.69) is 0 Å². The van der Waals surface area contributed by atoms with Crippen LogP contribution in [0.1, 0.15) is 25.0 Å². The molecule has 0 aliphatic carbocycles. The standard InChI is InChI=1S/C18H18O5/c1-17(22,13-9-5-3-6-10-13)16(21)23-18(2,15(19)20)14-11-7-4-8-12-14/h3-12,22H,1-2H3,(H,19,20)/t17?,18-/m1/s1. The number of benzene rings is 2. The number of carbonyl (C=O) groups is 2. The van der Waals surface area contributed by atoms with Crippen molar-refractivity contribution in [2.75, 3.05) is 0 Å². The molecule has 23 heavy (non-hydrogen) atoms. The SMILES string of the molecule is CC(O)(C(=O)O[C@@](C)(C(=O)O)c1ccccc1)c1ccccc1. The number of hydrogen-bond donors (Lipinski definition) is 2. The van der Waals surface area contributed by atoms with E-state index in [0.29, 0.717) is 11.1 Å². The van der Waals surface area contributed by atoms with Crippen molar-refractivity contribution in [3.05, 3.63) is 71.8 Å². The molecule has 2 aromatic rings. The molecule has 0 heterocycles. The van der Waals surface area contributed by atoms with E-state index in [1.54, 1.807) is 60.7 Å². The minimum atomic E-state index is -1.95. The molecule has 0 bridgehead atoms. The number of carboxylic acids is 1. The molecule has 120 valence electrons. The summed E-state index contributed by atoms with van der Waals surface area (Å²) in [6.07, 6.45) is 0. The molecule has 0 aliphatic rings. The molecule has 2 rings (SSSR count). The second-order valence-electron chi connectivity index (χ2n) is 5.53. The summed E-state index contributed by atoms with van der Waals surface area (Å²) in [7, 11) is 0. The Bertz CT molecular complexity index is 694. The number of esters is 1. The zero-order chi connectivity index (χ0) is 17.1. The van der Waals surface area contributed by atoms with Crippen LogP contribution in [0.25, 0.3) is 0 Å². The lowest BCUT2D eigenvalue weighted by atomic mass is 9.93. The molecular weight excluding hydrogens is 296 g/mol. The summed E-state index contributed by atoms with van der Waals surface area (Å²) >= 11 is 0. The predicted molar refractivity (Wildman–Crippen MR) is 83.5 cm³/mol. The van der Waals surface area contributed by atoms with Crippen LogP contribution in [0.3, 0.4) is 0 Å². The zero-order valence-corrected chi connectivity index (χ0v) is 12.9. The van der Waals surface area contributed by atoms with Crippen molar-refractivity contribution < 1.29 is 24.5 Å². The number of rotatable bonds is 5. The van der Waals surface area contributed by atoms with Crippen molar-refractivity contribution in [1.82, 2.24) is 0 Å². The number of aliphatic carboxylic acids is 1. The number of carboxylic acid groups (broad SMARTS) is 1. The van der Waals surface area contributed by atoms with Crippen LogP contribution in [-0.4, -0.2) is 22.2 Å². The zero-order valence-electron chi connectivity index (χ0n) is 12.9. The average Bonchev–Trinajstić information content (AvgIpc) is 2.56. The second kappa shape index (κ2) is 6.22. The van der Waals surface area contributed by atoms with Gasteiger partial charge in [0.15, 0.2) is 5.60 Å². The Balaban J connectivity index is 2.34. The number of aliphatic hydroxyl groups is 1. The lowest BCUT2D eigenvalue weighted by Gasteiger charge is -2.30. The summed E-state index contributed by atoms with van der Waals surface area (Å²) in [4.78, 5) is 24.1. The van der Waals surface area contributed by atoms with Crippen molar-refractivity contribution in [1.29, 1.82) is 0 Å². The molecule has 5 nitrogen and oxygen atoms in total. The van der Waals surface area contributed by atoms with Crippen LogP contribution in [0, 0.1) is 0 Å². The first-order valence-corrected chi connectivity index (χ1v) is 7.09. The first-order chi connectivity index (χ1) is 10.8. The maximum Gasteiger partial charge on any atom is 0.352 e. The number of hydrogen-bond acceptors (Lipinski definition) is 4. The molecule has 0 saturated carbocycles. The van der Waals surface area contributed by atoms with Crippen molar-refractivity contribution >= 4 is 11.9 Å². The highest BCUT2D eigenvalue weighted by atomic mass is 16.6. The van der Waals surface area contributed by atoms with Gasteiger partial charge in [0, 0.05) is 5.56 Å².